The fraction of sp³-hybridized carbons (Fsp3) is 0.227. The monoisotopic (exact) mass is 462 g/mol. The molecular weight excluding hydrogens is 440 g/mol. The number of piperazine rings is 1. The number of aryl methyl sites for hydroxylation is 1. The summed E-state index contributed by atoms with van der Waals surface area (Å²) in [5, 5.41) is 4.92. The lowest BCUT2D eigenvalue weighted by atomic mass is 10.2. The molecule has 10 heteroatoms. The minimum atomic E-state index is 0.257. The van der Waals surface area contributed by atoms with Crippen molar-refractivity contribution in [1.29, 1.82) is 0 Å². The van der Waals surface area contributed by atoms with Crippen LogP contribution in [0.25, 0.3) is 20.9 Å². The maximum absolute atomic E-state index is 6.03. The zero-order valence-corrected chi connectivity index (χ0v) is 19.2. The second-order valence-electron chi connectivity index (χ2n) is 7.59. The highest BCUT2D eigenvalue weighted by Gasteiger charge is 2.24. The molecule has 8 nitrogen and oxygen atoms in total. The topological polar surface area (TPSA) is 96.1 Å². The molecule has 1 aliphatic heterocycles. The number of nitrogens with two attached hydrogens (primary N) is 1. The maximum Gasteiger partial charge on any atom is 0.223 e. The second kappa shape index (κ2) is 8.64. The lowest BCUT2D eigenvalue weighted by Gasteiger charge is -2.36. The largest absolute Gasteiger partial charge is 0.368 e. The number of nitrogen functional groups attached to an aromatic ring is 1. The Hall–Kier alpha value is -3.37. The fourth-order valence-corrected chi connectivity index (χ4v) is 4.85. The summed E-state index contributed by atoms with van der Waals surface area (Å²) in [6, 6.07) is 12.1. The molecule has 1 saturated heterocycles. The van der Waals surface area contributed by atoms with Gasteiger partial charge < -0.3 is 20.9 Å². The van der Waals surface area contributed by atoms with Crippen LogP contribution in [0.15, 0.2) is 48.8 Å². The first kappa shape index (κ1) is 20.5. The van der Waals surface area contributed by atoms with Gasteiger partial charge in [-0.25, -0.2) is 9.97 Å². The van der Waals surface area contributed by atoms with E-state index in [0.717, 1.165) is 63.7 Å². The first-order valence-electron chi connectivity index (χ1n) is 10.3. The Morgan fingerprint density at radius 3 is 2.56 bits per heavy atom. The van der Waals surface area contributed by atoms with Gasteiger partial charge in [0.1, 0.15) is 10.5 Å². The predicted octanol–water partition coefficient (Wildman–Crippen LogP) is 3.56. The lowest BCUT2D eigenvalue weighted by molar-refractivity contribution is 0.390. The summed E-state index contributed by atoms with van der Waals surface area (Å²) in [5.74, 6) is 1.03. The van der Waals surface area contributed by atoms with Crippen LogP contribution < -0.4 is 16.0 Å². The van der Waals surface area contributed by atoms with Gasteiger partial charge in [-0.05, 0) is 43.4 Å². The van der Waals surface area contributed by atoms with Gasteiger partial charge in [-0.2, -0.15) is 4.98 Å². The van der Waals surface area contributed by atoms with Gasteiger partial charge in [0.05, 0.1) is 0 Å². The van der Waals surface area contributed by atoms with Gasteiger partial charge in [-0.1, -0.05) is 29.0 Å². The molecule has 0 radical (unpaired) electrons. The van der Waals surface area contributed by atoms with Crippen molar-refractivity contribution in [2.45, 2.75) is 6.92 Å². The summed E-state index contributed by atoms with van der Waals surface area (Å²) in [4.78, 5) is 23.1. The van der Waals surface area contributed by atoms with Crippen LogP contribution in [0, 0.1) is 6.92 Å². The minimum absolute atomic E-state index is 0.257. The molecule has 5 rings (SSSR count). The van der Waals surface area contributed by atoms with Gasteiger partial charge in [-0.3, -0.25) is 4.98 Å². The third kappa shape index (κ3) is 4.19. The van der Waals surface area contributed by atoms with Gasteiger partial charge in [0.2, 0.25) is 5.95 Å². The van der Waals surface area contributed by atoms with Crippen molar-refractivity contribution in [1.82, 2.24) is 24.8 Å². The second-order valence-corrected chi connectivity index (χ2v) is 8.95. The highest BCUT2D eigenvalue weighted by atomic mass is 32.1. The summed E-state index contributed by atoms with van der Waals surface area (Å²) in [5.41, 5.74) is 9.98. The zero-order valence-electron chi connectivity index (χ0n) is 17.5. The van der Waals surface area contributed by atoms with Gasteiger partial charge in [0, 0.05) is 49.8 Å². The molecule has 0 atom stereocenters. The Kier molecular flexibility index (Phi) is 5.54. The third-order valence-electron chi connectivity index (χ3n) is 5.34. The number of hydrogen-bond acceptors (Lipinski definition) is 8. The number of thiocarbonyl (C=S) groups is 1. The van der Waals surface area contributed by atoms with E-state index in [1.54, 1.807) is 12.4 Å². The molecule has 0 amide bonds. The zero-order chi connectivity index (χ0) is 22.1. The van der Waals surface area contributed by atoms with Gasteiger partial charge in [-0.15, -0.1) is 0 Å². The van der Waals surface area contributed by atoms with Crippen molar-refractivity contribution >= 4 is 56.5 Å². The Bertz CT molecular complexity index is 1250. The third-order valence-corrected chi connectivity index (χ3v) is 6.69. The first-order chi connectivity index (χ1) is 15.6. The SMILES string of the molecule is Cc1ccc(NC(=S)N2CCN(c3nc(N)nc4sc(-c5cccnc5)nc34)CC2)cc1. The number of rotatable bonds is 3. The summed E-state index contributed by atoms with van der Waals surface area (Å²) >= 11 is 7.13. The smallest absolute Gasteiger partial charge is 0.223 e. The van der Waals surface area contributed by atoms with Crippen molar-refractivity contribution in [3.05, 3.63) is 54.4 Å². The van der Waals surface area contributed by atoms with E-state index in [1.807, 2.05) is 24.3 Å². The van der Waals surface area contributed by atoms with Crippen LogP contribution in [-0.2, 0) is 0 Å². The average molecular weight is 463 g/mol. The molecular formula is C22H22N8S2. The first-order valence-corrected chi connectivity index (χ1v) is 11.5. The molecule has 0 bridgehead atoms. The predicted molar refractivity (Wildman–Crippen MR) is 134 cm³/mol. The van der Waals surface area contributed by atoms with Crippen LogP contribution in [0.5, 0.6) is 0 Å². The van der Waals surface area contributed by atoms with Crippen LogP contribution in [-0.4, -0.2) is 56.1 Å². The molecule has 0 aliphatic carbocycles. The van der Waals surface area contributed by atoms with Gasteiger partial charge >= 0.3 is 0 Å². The van der Waals surface area contributed by atoms with Gasteiger partial charge in [0.15, 0.2) is 15.8 Å². The van der Waals surface area contributed by atoms with E-state index in [2.05, 4.69) is 49.1 Å². The number of benzene rings is 1. The van der Waals surface area contributed by atoms with Crippen LogP contribution in [0.1, 0.15) is 5.56 Å². The molecule has 3 aromatic heterocycles. The number of anilines is 3. The summed E-state index contributed by atoms with van der Waals surface area (Å²) in [7, 11) is 0. The van der Waals surface area contributed by atoms with Crippen LogP contribution in [0.3, 0.4) is 0 Å². The molecule has 4 heterocycles. The van der Waals surface area contributed by atoms with Crippen molar-refractivity contribution in [3.8, 4) is 10.6 Å². The highest BCUT2D eigenvalue weighted by molar-refractivity contribution is 7.80. The standard InChI is InChI=1S/C22H22N8S2/c1-14-4-6-16(7-5-14)25-22(31)30-11-9-29(10-12-30)18-17-20(28-21(23)27-18)32-19(26-17)15-3-2-8-24-13-15/h2-8,13H,9-12H2,1H3,(H,25,31)(H2,23,27,28). The molecule has 4 aromatic rings. The van der Waals surface area contributed by atoms with Crippen LogP contribution in [0.4, 0.5) is 17.5 Å². The summed E-state index contributed by atoms with van der Waals surface area (Å²) in [6.45, 7) is 5.16. The highest BCUT2D eigenvalue weighted by Crippen LogP contribution is 2.33. The van der Waals surface area contributed by atoms with E-state index in [1.165, 1.54) is 16.9 Å². The van der Waals surface area contributed by atoms with Crippen molar-refractivity contribution < 1.29 is 0 Å². The fourth-order valence-electron chi connectivity index (χ4n) is 3.62. The van der Waals surface area contributed by atoms with Crippen molar-refractivity contribution in [2.75, 3.05) is 42.1 Å². The molecule has 32 heavy (non-hydrogen) atoms. The van der Waals surface area contributed by atoms with Crippen molar-refractivity contribution in [2.24, 2.45) is 0 Å². The quantitative estimate of drug-likeness (QED) is 0.443. The Morgan fingerprint density at radius 2 is 1.84 bits per heavy atom. The Morgan fingerprint density at radius 1 is 1.06 bits per heavy atom. The normalized spacial score (nSPS) is 14.0. The average Bonchev–Trinajstić information content (AvgIpc) is 3.25. The van der Waals surface area contributed by atoms with Gasteiger partial charge in [0.25, 0.3) is 0 Å². The van der Waals surface area contributed by atoms with E-state index in [9.17, 15) is 0 Å². The van der Waals surface area contributed by atoms with Crippen molar-refractivity contribution in [3.63, 3.8) is 0 Å². The molecule has 1 aliphatic rings. The molecule has 0 saturated carbocycles. The maximum atomic E-state index is 6.03. The summed E-state index contributed by atoms with van der Waals surface area (Å²) < 4.78 is 0. The number of hydrogen-bond donors (Lipinski definition) is 2. The number of nitrogens with one attached hydrogen (secondary N) is 1. The van der Waals surface area contributed by atoms with E-state index in [0.29, 0.717) is 0 Å². The molecule has 1 fully saturated rings. The molecule has 0 spiro atoms. The lowest BCUT2D eigenvalue weighted by Crippen LogP contribution is -2.50. The number of fused-ring (bicyclic) bond motifs is 1. The van der Waals surface area contributed by atoms with Crippen LogP contribution >= 0.6 is 23.6 Å². The summed E-state index contributed by atoms with van der Waals surface area (Å²) in [6.07, 6.45) is 3.55. The Balaban J connectivity index is 1.33. The minimum Gasteiger partial charge on any atom is -0.368 e. The Labute approximate surface area is 195 Å². The number of thiazole rings is 1. The van der Waals surface area contributed by atoms with E-state index in [-0.39, 0.29) is 5.95 Å². The van der Waals surface area contributed by atoms with E-state index in [4.69, 9.17) is 22.9 Å². The van der Waals surface area contributed by atoms with E-state index < -0.39 is 0 Å². The number of aromatic nitrogens is 4. The van der Waals surface area contributed by atoms with E-state index >= 15 is 0 Å². The number of nitrogens with zero attached hydrogens (tertiary/aromatic N) is 6. The molecule has 3 N–H and O–H groups in total. The van der Waals surface area contributed by atoms with Crippen LogP contribution in [0.2, 0.25) is 0 Å². The molecule has 0 unspecified atom stereocenters. The molecule has 162 valence electrons. The number of pyridine rings is 1. The molecule has 1 aromatic carbocycles.